The molecule has 0 spiro atoms. The third kappa shape index (κ3) is 2.81. The predicted octanol–water partition coefficient (Wildman–Crippen LogP) is 2.08. The van der Waals surface area contributed by atoms with E-state index < -0.39 is 0 Å². The maximum Gasteiger partial charge on any atom is 0.272 e. The maximum absolute atomic E-state index is 12.7. The van der Waals surface area contributed by atoms with Crippen molar-refractivity contribution in [3.63, 3.8) is 0 Å². The van der Waals surface area contributed by atoms with Crippen LogP contribution in [0.3, 0.4) is 0 Å². The first-order chi connectivity index (χ1) is 12.5. The van der Waals surface area contributed by atoms with Gasteiger partial charge in [-0.1, -0.05) is 30.3 Å². The summed E-state index contributed by atoms with van der Waals surface area (Å²) in [7, 11) is 0. The number of carbonyl (C=O) groups excluding carboxylic acids is 2. The summed E-state index contributed by atoms with van der Waals surface area (Å²) in [4.78, 5) is 32.7. The summed E-state index contributed by atoms with van der Waals surface area (Å²) in [6, 6.07) is 13.1. The summed E-state index contributed by atoms with van der Waals surface area (Å²) in [5, 5.41) is 9.35. The van der Waals surface area contributed by atoms with Crippen molar-refractivity contribution >= 4 is 11.8 Å². The number of rotatable bonds is 2. The molecule has 2 aliphatic rings. The van der Waals surface area contributed by atoms with Crippen molar-refractivity contribution in [1.29, 1.82) is 0 Å². The molecule has 2 aliphatic heterocycles. The molecule has 1 aromatic carbocycles. The van der Waals surface area contributed by atoms with Crippen molar-refractivity contribution in [2.75, 3.05) is 19.6 Å². The first kappa shape index (κ1) is 16.6. The van der Waals surface area contributed by atoms with Crippen molar-refractivity contribution in [3.8, 4) is 5.75 Å². The van der Waals surface area contributed by atoms with Crippen molar-refractivity contribution < 1.29 is 14.7 Å². The highest BCUT2D eigenvalue weighted by molar-refractivity contribution is 5.92. The van der Waals surface area contributed by atoms with Gasteiger partial charge in [-0.05, 0) is 17.7 Å². The van der Waals surface area contributed by atoms with E-state index in [-0.39, 0.29) is 35.4 Å². The highest BCUT2D eigenvalue weighted by Crippen LogP contribution is 2.45. The van der Waals surface area contributed by atoms with Crippen LogP contribution in [0.4, 0.5) is 0 Å². The molecule has 1 aromatic heterocycles. The SMILES string of the molecule is CC(=O)N1C[C@H]2CN(C(=O)c3ccc(O)cn3)C[C@H]2[C@H]1c1ccccc1. The summed E-state index contributed by atoms with van der Waals surface area (Å²) in [6.07, 6.45) is 1.29. The zero-order valence-electron chi connectivity index (χ0n) is 14.6. The van der Waals surface area contributed by atoms with Gasteiger partial charge in [-0.3, -0.25) is 9.59 Å². The van der Waals surface area contributed by atoms with E-state index in [2.05, 4.69) is 17.1 Å². The van der Waals surface area contributed by atoms with Crippen LogP contribution in [0.5, 0.6) is 5.75 Å². The molecule has 2 saturated heterocycles. The van der Waals surface area contributed by atoms with Gasteiger partial charge in [-0.15, -0.1) is 0 Å². The minimum Gasteiger partial charge on any atom is -0.506 e. The predicted molar refractivity (Wildman–Crippen MR) is 95.4 cm³/mol. The summed E-state index contributed by atoms with van der Waals surface area (Å²) >= 11 is 0. The lowest BCUT2D eigenvalue weighted by molar-refractivity contribution is -0.130. The van der Waals surface area contributed by atoms with Crippen LogP contribution in [0, 0.1) is 11.8 Å². The molecule has 0 radical (unpaired) electrons. The van der Waals surface area contributed by atoms with Crippen molar-refractivity contribution in [1.82, 2.24) is 14.8 Å². The number of likely N-dealkylation sites (tertiary alicyclic amines) is 2. The quantitative estimate of drug-likeness (QED) is 0.899. The lowest BCUT2D eigenvalue weighted by Crippen LogP contribution is -2.36. The lowest BCUT2D eigenvalue weighted by Gasteiger charge is -2.29. The summed E-state index contributed by atoms with van der Waals surface area (Å²) in [5.41, 5.74) is 1.45. The standard InChI is InChI=1S/C20H21N3O3/c1-13(24)23-11-15-10-22(20(26)18-8-7-16(25)9-21-18)12-17(15)19(23)14-5-3-2-4-6-14/h2-9,15,17,19,25H,10-12H2,1H3/t15-,17-,19-/m1/s1. The van der Waals surface area contributed by atoms with Gasteiger partial charge in [-0.25, -0.2) is 4.98 Å². The minimum atomic E-state index is -0.124. The lowest BCUT2D eigenvalue weighted by atomic mass is 9.89. The summed E-state index contributed by atoms with van der Waals surface area (Å²) in [5.74, 6) is 0.487. The third-order valence-electron chi connectivity index (χ3n) is 5.46. The molecule has 6 nitrogen and oxygen atoms in total. The Morgan fingerprint density at radius 1 is 1.08 bits per heavy atom. The first-order valence-electron chi connectivity index (χ1n) is 8.81. The van der Waals surface area contributed by atoms with Crippen LogP contribution in [0.2, 0.25) is 0 Å². The molecule has 2 amide bonds. The third-order valence-corrected chi connectivity index (χ3v) is 5.46. The molecule has 3 heterocycles. The Morgan fingerprint density at radius 3 is 2.50 bits per heavy atom. The Bertz CT molecular complexity index is 822. The van der Waals surface area contributed by atoms with Gasteiger partial charge in [0.25, 0.3) is 5.91 Å². The van der Waals surface area contributed by atoms with Crippen LogP contribution in [-0.2, 0) is 4.79 Å². The summed E-state index contributed by atoms with van der Waals surface area (Å²) < 4.78 is 0. The zero-order chi connectivity index (χ0) is 18.3. The van der Waals surface area contributed by atoms with Gasteiger partial charge in [0, 0.05) is 38.4 Å². The molecule has 3 atom stereocenters. The molecule has 0 aliphatic carbocycles. The fourth-order valence-electron chi connectivity index (χ4n) is 4.29. The smallest absolute Gasteiger partial charge is 0.272 e. The second kappa shape index (κ2) is 6.44. The van der Waals surface area contributed by atoms with Gasteiger partial charge in [0.1, 0.15) is 11.4 Å². The van der Waals surface area contributed by atoms with Crippen LogP contribution in [-0.4, -0.2) is 51.3 Å². The van der Waals surface area contributed by atoms with Crippen molar-refractivity contribution in [2.24, 2.45) is 11.8 Å². The second-order valence-corrected chi connectivity index (χ2v) is 7.06. The van der Waals surface area contributed by atoms with E-state index in [0.29, 0.717) is 25.3 Å². The van der Waals surface area contributed by atoms with Crippen LogP contribution in [0.1, 0.15) is 29.0 Å². The topological polar surface area (TPSA) is 73.7 Å². The highest BCUT2D eigenvalue weighted by atomic mass is 16.3. The van der Waals surface area contributed by atoms with E-state index in [1.165, 1.54) is 12.3 Å². The first-order valence-corrected chi connectivity index (χ1v) is 8.81. The number of aromatic nitrogens is 1. The largest absolute Gasteiger partial charge is 0.506 e. The molecule has 0 bridgehead atoms. The Hall–Kier alpha value is -2.89. The minimum absolute atomic E-state index is 0.00396. The molecular weight excluding hydrogens is 330 g/mol. The number of benzene rings is 1. The Labute approximate surface area is 152 Å². The van der Waals surface area contributed by atoms with E-state index in [0.717, 1.165) is 5.56 Å². The monoisotopic (exact) mass is 351 g/mol. The Balaban J connectivity index is 1.57. The van der Waals surface area contributed by atoms with E-state index >= 15 is 0 Å². The van der Waals surface area contributed by atoms with Gasteiger partial charge in [0.15, 0.2) is 0 Å². The average Bonchev–Trinajstić information content (AvgIpc) is 3.20. The molecule has 0 unspecified atom stereocenters. The van der Waals surface area contributed by atoms with E-state index in [1.807, 2.05) is 28.0 Å². The van der Waals surface area contributed by atoms with Crippen LogP contribution in [0.15, 0.2) is 48.7 Å². The van der Waals surface area contributed by atoms with Gasteiger partial charge in [0.2, 0.25) is 5.91 Å². The summed E-state index contributed by atoms with van der Waals surface area (Å²) in [6.45, 7) is 3.52. The number of carbonyl (C=O) groups is 2. The maximum atomic E-state index is 12.7. The molecule has 6 heteroatoms. The molecule has 0 saturated carbocycles. The number of hydrogen-bond acceptors (Lipinski definition) is 4. The number of hydrogen-bond donors (Lipinski definition) is 1. The Morgan fingerprint density at radius 2 is 1.85 bits per heavy atom. The normalized spacial score (nSPS) is 24.6. The fraction of sp³-hybridized carbons (Fsp3) is 0.350. The number of amides is 2. The molecule has 26 heavy (non-hydrogen) atoms. The molecular formula is C20H21N3O3. The second-order valence-electron chi connectivity index (χ2n) is 7.06. The van der Waals surface area contributed by atoms with Gasteiger partial charge < -0.3 is 14.9 Å². The van der Waals surface area contributed by atoms with E-state index in [9.17, 15) is 14.7 Å². The number of fused-ring (bicyclic) bond motifs is 1. The number of nitrogens with zero attached hydrogens (tertiary/aromatic N) is 3. The van der Waals surface area contributed by atoms with E-state index in [4.69, 9.17) is 0 Å². The Kier molecular flexibility index (Phi) is 4.11. The van der Waals surface area contributed by atoms with Crippen LogP contribution in [0.25, 0.3) is 0 Å². The average molecular weight is 351 g/mol. The highest BCUT2D eigenvalue weighted by Gasteiger charge is 2.49. The van der Waals surface area contributed by atoms with Crippen molar-refractivity contribution in [3.05, 3.63) is 59.9 Å². The fourth-order valence-corrected chi connectivity index (χ4v) is 4.29. The molecule has 1 N–H and O–H groups in total. The molecule has 2 fully saturated rings. The molecule has 134 valence electrons. The van der Waals surface area contributed by atoms with Crippen LogP contribution < -0.4 is 0 Å². The number of aromatic hydroxyl groups is 1. The molecule has 2 aromatic rings. The van der Waals surface area contributed by atoms with Crippen molar-refractivity contribution in [2.45, 2.75) is 13.0 Å². The zero-order valence-corrected chi connectivity index (χ0v) is 14.6. The van der Waals surface area contributed by atoms with Crippen LogP contribution >= 0.6 is 0 Å². The molecule has 4 rings (SSSR count). The number of pyridine rings is 1. The van der Waals surface area contributed by atoms with Gasteiger partial charge >= 0.3 is 0 Å². The van der Waals surface area contributed by atoms with Gasteiger partial charge in [0.05, 0.1) is 12.2 Å². The van der Waals surface area contributed by atoms with E-state index in [1.54, 1.807) is 13.0 Å². The van der Waals surface area contributed by atoms with Gasteiger partial charge in [-0.2, -0.15) is 0 Å².